The lowest BCUT2D eigenvalue weighted by Crippen LogP contribution is -2.40. The van der Waals surface area contributed by atoms with E-state index >= 15 is 0 Å². The zero-order valence-corrected chi connectivity index (χ0v) is 19.9. The first-order valence-corrected chi connectivity index (χ1v) is 11.0. The predicted molar refractivity (Wildman–Crippen MR) is 130 cm³/mol. The van der Waals surface area contributed by atoms with Gasteiger partial charge in [0.15, 0.2) is 0 Å². The van der Waals surface area contributed by atoms with Gasteiger partial charge in [-0.25, -0.2) is 4.79 Å². The highest BCUT2D eigenvalue weighted by molar-refractivity contribution is 5.94. The van der Waals surface area contributed by atoms with Gasteiger partial charge >= 0.3 is 5.69 Å². The van der Waals surface area contributed by atoms with Crippen LogP contribution in [0.5, 0.6) is 0 Å². The van der Waals surface area contributed by atoms with Crippen molar-refractivity contribution in [2.75, 3.05) is 31.1 Å². The highest BCUT2D eigenvalue weighted by Crippen LogP contribution is 2.23. The van der Waals surface area contributed by atoms with Gasteiger partial charge in [0.25, 0.3) is 5.56 Å². The van der Waals surface area contributed by atoms with Gasteiger partial charge in [-0.2, -0.15) is 0 Å². The van der Waals surface area contributed by atoms with Crippen LogP contribution in [0.1, 0.15) is 37.8 Å². The maximum atomic E-state index is 13.0. The number of rotatable bonds is 4. The third-order valence-corrected chi connectivity index (χ3v) is 5.44. The first-order chi connectivity index (χ1) is 15.3. The number of carbonyl (C=O) groups excluding carboxylic acids is 2. The Morgan fingerprint density at radius 3 is 2.55 bits per heavy atom. The summed E-state index contributed by atoms with van der Waals surface area (Å²) < 4.78 is 0. The van der Waals surface area contributed by atoms with E-state index < -0.39 is 11.2 Å². The molecule has 3 N–H and O–H groups in total. The average Bonchev–Trinajstić information content (AvgIpc) is 2.78. The molecule has 2 amide bonds. The van der Waals surface area contributed by atoms with E-state index in [1.165, 1.54) is 6.20 Å². The number of nitrogens with one attached hydrogen (secondary N) is 3. The summed E-state index contributed by atoms with van der Waals surface area (Å²) in [4.78, 5) is 57.2. The number of nitrogens with zero attached hydrogens (tertiary/aromatic N) is 2. The van der Waals surface area contributed by atoms with E-state index in [-0.39, 0.29) is 42.1 Å². The van der Waals surface area contributed by atoms with E-state index in [2.05, 4.69) is 15.3 Å². The van der Waals surface area contributed by atoms with Crippen LogP contribution in [0.4, 0.5) is 5.69 Å². The third-order valence-electron chi connectivity index (χ3n) is 5.44. The molecule has 0 atom stereocenters. The number of anilines is 1. The molecule has 0 aliphatic carbocycles. The van der Waals surface area contributed by atoms with Gasteiger partial charge in [-0.1, -0.05) is 32.0 Å². The van der Waals surface area contributed by atoms with E-state index in [0.29, 0.717) is 45.6 Å². The molecule has 0 saturated carbocycles. The summed E-state index contributed by atoms with van der Waals surface area (Å²) in [5.41, 5.74) is 1.02. The highest BCUT2D eigenvalue weighted by atomic mass is 35.5. The fourth-order valence-electron chi connectivity index (χ4n) is 3.82. The number of hydrogen-bond donors (Lipinski definition) is 3. The van der Waals surface area contributed by atoms with Crippen molar-refractivity contribution in [1.82, 2.24) is 20.2 Å². The van der Waals surface area contributed by atoms with Crippen molar-refractivity contribution in [3.05, 3.63) is 62.4 Å². The van der Waals surface area contributed by atoms with Crippen LogP contribution in [0.3, 0.4) is 0 Å². The average molecular weight is 478 g/mol. The number of benzene rings is 1. The lowest BCUT2D eigenvalue weighted by Gasteiger charge is -2.27. The highest BCUT2D eigenvalue weighted by Gasteiger charge is 2.22. The number of hydrogen-bond acceptors (Lipinski definition) is 5. The lowest BCUT2D eigenvalue weighted by atomic mass is 10.1. The van der Waals surface area contributed by atoms with E-state index in [1.54, 1.807) is 4.90 Å². The Bertz CT molecular complexity index is 1070. The van der Waals surface area contributed by atoms with Crippen molar-refractivity contribution in [3.63, 3.8) is 0 Å². The van der Waals surface area contributed by atoms with Crippen LogP contribution in [-0.4, -0.2) is 52.9 Å². The van der Waals surface area contributed by atoms with Crippen molar-refractivity contribution in [2.24, 2.45) is 5.92 Å². The quantitative estimate of drug-likeness (QED) is 0.615. The molecule has 33 heavy (non-hydrogen) atoms. The summed E-state index contributed by atoms with van der Waals surface area (Å²) in [5, 5.41) is 3.36. The Hall–Kier alpha value is -2.91. The number of H-pyrrole nitrogens is 2. The minimum atomic E-state index is -0.601. The number of aromatic amines is 2. The second kappa shape index (κ2) is 12.4. The molecule has 2 heterocycles. The maximum absolute atomic E-state index is 13.0. The molecule has 1 aromatic carbocycles. The summed E-state index contributed by atoms with van der Waals surface area (Å²) in [5.74, 6) is 0.130. The van der Waals surface area contributed by atoms with Gasteiger partial charge in [-0.05, 0) is 24.0 Å². The molecule has 9 nitrogen and oxygen atoms in total. The molecule has 0 spiro atoms. The monoisotopic (exact) mass is 477 g/mol. The molecule has 2 aromatic rings. The van der Waals surface area contributed by atoms with Crippen molar-refractivity contribution >= 4 is 29.9 Å². The van der Waals surface area contributed by atoms with Crippen molar-refractivity contribution in [2.45, 2.75) is 39.7 Å². The first kappa shape index (κ1) is 26.3. The second-order valence-corrected chi connectivity index (χ2v) is 8.46. The Kier molecular flexibility index (Phi) is 9.87. The van der Waals surface area contributed by atoms with Gasteiger partial charge in [0, 0.05) is 56.6 Å². The Balaban J connectivity index is 0.00000385. The number of amides is 2. The number of halogens is 1. The molecule has 1 aromatic heterocycles. The van der Waals surface area contributed by atoms with Gasteiger partial charge in [0.05, 0.1) is 6.42 Å². The second-order valence-electron chi connectivity index (χ2n) is 8.46. The molecule has 0 saturated heterocycles. The van der Waals surface area contributed by atoms with Crippen LogP contribution in [0.2, 0.25) is 0 Å². The summed E-state index contributed by atoms with van der Waals surface area (Å²) in [6.07, 6.45) is 2.26. The van der Waals surface area contributed by atoms with Gasteiger partial charge in [0.2, 0.25) is 11.8 Å². The van der Waals surface area contributed by atoms with E-state index in [0.717, 1.165) is 11.3 Å². The summed E-state index contributed by atoms with van der Waals surface area (Å²) in [6.45, 7) is 6.68. The fraction of sp³-hybridized carbons (Fsp3) is 0.478. The normalized spacial score (nSPS) is 14.8. The largest absolute Gasteiger partial charge is 0.341 e. The molecule has 1 aliphatic heterocycles. The van der Waals surface area contributed by atoms with Crippen LogP contribution in [-0.2, 0) is 22.6 Å². The van der Waals surface area contributed by atoms with Crippen LogP contribution >= 0.6 is 12.4 Å². The maximum Gasteiger partial charge on any atom is 0.325 e. The van der Waals surface area contributed by atoms with Crippen LogP contribution in [0.15, 0.2) is 40.1 Å². The Labute approximate surface area is 199 Å². The SMILES string of the molecule is CC(C)CC(=O)N1CCCN(C(=O)Cc2c[nH]c(=O)[nH]c2=O)CCNCc2ccccc21.Cl. The Morgan fingerprint density at radius 1 is 1.06 bits per heavy atom. The van der Waals surface area contributed by atoms with E-state index in [1.807, 2.05) is 43.0 Å². The summed E-state index contributed by atoms with van der Waals surface area (Å²) >= 11 is 0. The standard InChI is InChI=1S/C23H31N5O4.ClH/c1-16(2)12-21(30)28-10-5-9-27(11-8-24-14-17-6-3-4-7-19(17)28)20(29)13-18-15-25-23(32)26-22(18)31;/h3-4,6-7,15-16,24H,5,8-14H2,1-2H3,(H2,25,26,31,32);1H. The molecule has 0 fully saturated rings. The molecule has 3 rings (SSSR count). The predicted octanol–water partition coefficient (Wildman–Crippen LogP) is 1.43. The van der Waals surface area contributed by atoms with Crippen molar-refractivity contribution in [1.29, 1.82) is 0 Å². The summed E-state index contributed by atoms with van der Waals surface area (Å²) in [6, 6.07) is 7.88. The first-order valence-electron chi connectivity index (χ1n) is 11.0. The van der Waals surface area contributed by atoms with E-state index in [4.69, 9.17) is 0 Å². The third kappa shape index (κ3) is 7.30. The molecule has 0 unspecified atom stereocenters. The number of carbonyl (C=O) groups is 2. The van der Waals surface area contributed by atoms with Gasteiger partial charge in [0.1, 0.15) is 0 Å². The van der Waals surface area contributed by atoms with Gasteiger partial charge in [-0.15, -0.1) is 12.4 Å². The molecule has 0 bridgehead atoms. The lowest BCUT2D eigenvalue weighted by molar-refractivity contribution is -0.130. The molecular formula is C23H32ClN5O4. The van der Waals surface area contributed by atoms with Crippen molar-refractivity contribution in [3.8, 4) is 0 Å². The van der Waals surface area contributed by atoms with Crippen LogP contribution in [0.25, 0.3) is 0 Å². The zero-order chi connectivity index (χ0) is 23.1. The fourth-order valence-corrected chi connectivity index (χ4v) is 3.82. The Morgan fingerprint density at radius 2 is 1.82 bits per heavy atom. The molecule has 1 aliphatic rings. The van der Waals surface area contributed by atoms with Crippen molar-refractivity contribution < 1.29 is 9.59 Å². The minimum absolute atomic E-state index is 0. The number of aromatic nitrogens is 2. The summed E-state index contributed by atoms with van der Waals surface area (Å²) in [7, 11) is 0. The van der Waals surface area contributed by atoms with Crippen LogP contribution in [0, 0.1) is 5.92 Å². The zero-order valence-electron chi connectivity index (χ0n) is 19.1. The minimum Gasteiger partial charge on any atom is -0.341 e. The smallest absolute Gasteiger partial charge is 0.325 e. The topological polar surface area (TPSA) is 118 Å². The molecule has 10 heteroatoms. The number of para-hydroxylation sites is 1. The molecule has 0 radical (unpaired) electrons. The van der Waals surface area contributed by atoms with Gasteiger partial charge < -0.3 is 20.1 Å². The molecule has 180 valence electrons. The van der Waals surface area contributed by atoms with E-state index in [9.17, 15) is 19.2 Å². The number of fused-ring (bicyclic) bond motifs is 1. The van der Waals surface area contributed by atoms with Crippen LogP contribution < -0.4 is 21.5 Å². The molecular weight excluding hydrogens is 446 g/mol. The van der Waals surface area contributed by atoms with Gasteiger partial charge in [-0.3, -0.25) is 19.4 Å².